The van der Waals surface area contributed by atoms with Gasteiger partial charge in [0.05, 0.1) is 11.6 Å². The van der Waals surface area contributed by atoms with Crippen molar-refractivity contribution >= 4 is 34.8 Å². The van der Waals surface area contributed by atoms with Gasteiger partial charge in [0, 0.05) is 17.2 Å². The molecule has 1 N–H and O–H groups in total. The fourth-order valence-corrected chi connectivity index (χ4v) is 3.00. The van der Waals surface area contributed by atoms with Gasteiger partial charge >= 0.3 is 0 Å². The van der Waals surface area contributed by atoms with Crippen molar-refractivity contribution in [1.29, 1.82) is 0 Å². The Morgan fingerprint density at radius 3 is 2.96 bits per heavy atom. The van der Waals surface area contributed by atoms with Gasteiger partial charge in [-0.2, -0.15) is 5.10 Å². The van der Waals surface area contributed by atoms with Crippen molar-refractivity contribution in [1.82, 2.24) is 5.43 Å². The zero-order chi connectivity index (χ0) is 16.7. The third kappa shape index (κ3) is 6.04. The number of carbonyl (C=O) groups excluding carboxylic acids is 1. The van der Waals surface area contributed by atoms with Gasteiger partial charge in [-0.15, -0.1) is 0 Å². The highest BCUT2D eigenvalue weighted by molar-refractivity contribution is 6.35. The van der Waals surface area contributed by atoms with Gasteiger partial charge in [-0.05, 0) is 49.8 Å². The van der Waals surface area contributed by atoms with Crippen LogP contribution in [0.25, 0.3) is 0 Å². The minimum Gasteiger partial charge on any atom is -0.492 e. The fourth-order valence-electron chi connectivity index (χ4n) is 2.53. The van der Waals surface area contributed by atoms with Crippen LogP contribution in [0.4, 0.5) is 0 Å². The van der Waals surface area contributed by atoms with Gasteiger partial charge < -0.3 is 4.74 Å². The monoisotopic (exact) mass is 356 g/mol. The third-order valence-electron chi connectivity index (χ3n) is 3.91. The molecule has 6 heteroatoms. The second-order valence-corrected chi connectivity index (χ2v) is 6.66. The van der Waals surface area contributed by atoms with Crippen LogP contribution in [-0.2, 0) is 4.79 Å². The Kier molecular flexibility index (Phi) is 7.18. The number of hydrogen-bond donors (Lipinski definition) is 1. The summed E-state index contributed by atoms with van der Waals surface area (Å²) in [7, 11) is 0. The van der Waals surface area contributed by atoms with Crippen molar-refractivity contribution in [2.75, 3.05) is 6.61 Å². The lowest BCUT2D eigenvalue weighted by Gasteiger charge is -2.19. The van der Waals surface area contributed by atoms with Crippen LogP contribution in [0.5, 0.6) is 5.75 Å². The predicted molar refractivity (Wildman–Crippen MR) is 94.4 cm³/mol. The van der Waals surface area contributed by atoms with Crippen LogP contribution in [0.15, 0.2) is 23.3 Å². The normalized spacial score (nSPS) is 19.6. The second kappa shape index (κ2) is 9.14. The summed E-state index contributed by atoms with van der Waals surface area (Å²) in [6.45, 7) is 2.58. The van der Waals surface area contributed by atoms with Crippen molar-refractivity contribution in [3.05, 3.63) is 28.2 Å². The molecule has 1 aromatic rings. The number of nitrogens with one attached hydrogen (secondary N) is 1. The Bertz CT molecular complexity index is 576. The first-order valence-electron chi connectivity index (χ1n) is 7.99. The lowest BCUT2D eigenvalue weighted by molar-refractivity contribution is -0.121. The van der Waals surface area contributed by atoms with Gasteiger partial charge in [0.25, 0.3) is 0 Å². The topological polar surface area (TPSA) is 50.7 Å². The van der Waals surface area contributed by atoms with E-state index in [1.807, 2.05) is 0 Å². The number of nitrogens with zero attached hydrogens (tertiary/aromatic N) is 1. The molecule has 1 amide bonds. The molecule has 0 bridgehead atoms. The maximum atomic E-state index is 11.8. The van der Waals surface area contributed by atoms with E-state index < -0.39 is 0 Å². The number of amides is 1. The summed E-state index contributed by atoms with van der Waals surface area (Å²) < 4.78 is 5.55. The predicted octanol–water partition coefficient (Wildman–Crippen LogP) is 4.83. The zero-order valence-electron chi connectivity index (χ0n) is 13.3. The minimum absolute atomic E-state index is 0.0823. The number of hydrazone groups is 1. The molecular formula is C17H22Cl2N2O2. The van der Waals surface area contributed by atoms with E-state index in [2.05, 4.69) is 17.5 Å². The number of benzene rings is 1. The quantitative estimate of drug-likeness (QED) is 0.585. The molecule has 1 aliphatic carbocycles. The number of ether oxygens (including phenoxy) is 1. The van der Waals surface area contributed by atoms with Crippen LogP contribution < -0.4 is 10.2 Å². The first-order chi connectivity index (χ1) is 11.1. The average Bonchev–Trinajstić information content (AvgIpc) is 2.52. The van der Waals surface area contributed by atoms with E-state index in [0.29, 0.717) is 41.2 Å². The van der Waals surface area contributed by atoms with Crippen molar-refractivity contribution < 1.29 is 9.53 Å². The van der Waals surface area contributed by atoms with Gasteiger partial charge in [-0.3, -0.25) is 4.79 Å². The fraction of sp³-hybridized carbons (Fsp3) is 0.529. The second-order valence-electron chi connectivity index (χ2n) is 5.81. The van der Waals surface area contributed by atoms with E-state index in [4.69, 9.17) is 27.9 Å². The summed E-state index contributed by atoms with van der Waals surface area (Å²) in [5.41, 5.74) is 3.76. The molecule has 0 aromatic heterocycles. The minimum atomic E-state index is -0.0823. The lowest BCUT2D eigenvalue weighted by Crippen LogP contribution is -2.24. The van der Waals surface area contributed by atoms with Crippen LogP contribution in [0.3, 0.4) is 0 Å². The van der Waals surface area contributed by atoms with Crippen LogP contribution in [0.2, 0.25) is 10.0 Å². The van der Waals surface area contributed by atoms with Crippen LogP contribution in [0, 0.1) is 5.92 Å². The smallest absolute Gasteiger partial charge is 0.240 e. The maximum Gasteiger partial charge on any atom is 0.240 e. The van der Waals surface area contributed by atoms with E-state index >= 15 is 0 Å². The molecule has 1 unspecified atom stereocenters. The van der Waals surface area contributed by atoms with Gasteiger partial charge in [-0.25, -0.2) is 5.43 Å². The summed E-state index contributed by atoms with van der Waals surface area (Å²) in [4.78, 5) is 11.8. The molecule has 0 saturated heterocycles. The molecule has 126 valence electrons. The van der Waals surface area contributed by atoms with E-state index in [1.54, 1.807) is 18.2 Å². The summed E-state index contributed by atoms with van der Waals surface area (Å²) in [6, 6.07) is 5.07. The first kappa shape index (κ1) is 18.1. The van der Waals surface area contributed by atoms with Crippen LogP contribution in [0.1, 0.15) is 45.4 Å². The van der Waals surface area contributed by atoms with Gasteiger partial charge in [0.1, 0.15) is 5.75 Å². The molecule has 0 aliphatic heterocycles. The number of carbonyl (C=O) groups is 1. The molecule has 0 radical (unpaired) electrons. The van der Waals surface area contributed by atoms with Crippen LogP contribution >= 0.6 is 23.2 Å². The number of hydrogen-bond acceptors (Lipinski definition) is 3. The number of halogens is 2. The first-order valence-corrected chi connectivity index (χ1v) is 8.75. The molecule has 0 heterocycles. The highest BCUT2D eigenvalue weighted by Crippen LogP contribution is 2.27. The molecule has 1 atom stereocenters. The molecular weight excluding hydrogens is 335 g/mol. The van der Waals surface area contributed by atoms with E-state index in [0.717, 1.165) is 25.0 Å². The van der Waals surface area contributed by atoms with Crippen molar-refractivity contribution in [3.8, 4) is 5.75 Å². The standard InChI is InChI=1S/C17H22Cl2N2O2/c1-12-5-2-3-6-15(12)20-21-17(22)7-4-10-23-16-9-8-13(18)11-14(16)19/h8-9,11-12H,2-7,10H2,1H3,(H,21,22). The molecule has 23 heavy (non-hydrogen) atoms. The average molecular weight is 357 g/mol. The van der Waals surface area contributed by atoms with Crippen molar-refractivity contribution in [3.63, 3.8) is 0 Å². The summed E-state index contributed by atoms with van der Waals surface area (Å²) in [5.74, 6) is 0.966. The molecule has 2 rings (SSSR count). The Labute approximate surface area is 147 Å². The molecule has 1 aromatic carbocycles. The lowest BCUT2D eigenvalue weighted by atomic mass is 9.89. The van der Waals surface area contributed by atoms with Gasteiger partial charge in [-0.1, -0.05) is 36.5 Å². The van der Waals surface area contributed by atoms with Gasteiger partial charge in [0.2, 0.25) is 5.91 Å². The summed E-state index contributed by atoms with van der Waals surface area (Å²) in [5, 5.41) is 5.30. The van der Waals surface area contributed by atoms with E-state index in [9.17, 15) is 4.79 Å². The number of rotatable bonds is 6. The highest BCUT2D eigenvalue weighted by atomic mass is 35.5. The Balaban J connectivity index is 1.67. The SMILES string of the molecule is CC1CCCCC1=NNC(=O)CCCOc1ccc(Cl)cc1Cl. The van der Waals surface area contributed by atoms with Crippen molar-refractivity contribution in [2.45, 2.75) is 45.4 Å². The highest BCUT2D eigenvalue weighted by Gasteiger charge is 2.16. The Morgan fingerprint density at radius 1 is 1.39 bits per heavy atom. The molecule has 1 aliphatic rings. The molecule has 4 nitrogen and oxygen atoms in total. The molecule has 1 fully saturated rings. The largest absolute Gasteiger partial charge is 0.492 e. The van der Waals surface area contributed by atoms with E-state index in [1.165, 1.54) is 6.42 Å². The summed E-state index contributed by atoms with van der Waals surface area (Å²) in [6.07, 6.45) is 5.53. The molecule has 0 spiro atoms. The Hall–Kier alpha value is -1.26. The maximum absolute atomic E-state index is 11.8. The van der Waals surface area contributed by atoms with Crippen molar-refractivity contribution in [2.24, 2.45) is 11.0 Å². The summed E-state index contributed by atoms with van der Waals surface area (Å²) >= 11 is 11.8. The van der Waals surface area contributed by atoms with Gasteiger partial charge in [0.15, 0.2) is 0 Å². The van der Waals surface area contributed by atoms with Crippen LogP contribution in [-0.4, -0.2) is 18.2 Å². The zero-order valence-corrected chi connectivity index (χ0v) is 14.8. The Morgan fingerprint density at radius 2 is 2.22 bits per heavy atom. The third-order valence-corrected chi connectivity index (χ3v) is 4.44. The van der Waals surface area contributed by atoms with E-state index in [-0.39, 0.29) is 5.91 Å². The molecule has 1 saturated carbocycles.